The highest BCUT2D eigenvalue weighted by Crippen LogP contribution is 2.36. The highest BCUT2D eigenvalue weighted by atomic mass is 35.5. The zero-order valence-corrected chi connectivity index (χ0v) is 19.6. The SMILES string of the molecule is CC1CCC2(CC1)NC(=O)N(NC(=O)COC(=O)CSc1cccc3cccc(Cl)c13)C2=O. The molecule has 1 aliphatic heterocycles. The van der Waals surface area contributed by atoms with Crippen LogP contribution < -0.4 is 10.7 Å². The first-order valence-electron chi connectivity index (χ1n) is 10.7. The van der Waals surface area contributed by atoms with Crippen molar-refractivity contribution in [1.82, 2.24) is 15.8 Å². The number of hydrogen-bond acceptors (Lipinski definition) is 6. The molecule has 1 saturated heterocycles. The number of carbonyl (C=O) groups is 4. The lowest BCUT2D eigenvalue weighted by Crippen LogP contribution is -2.52. The Hall–Kier alpha value is -2.78. The molecule has 2 aliphatic rings. The minimum atomic E-state index is -0.954. The predicted octanol–water partition coefficient (Wildman–Crippen LogP) is 3.66. The summed E-state index contributed by atoms with van der Waals surface area (Å²) in [5.74, 6) is -1.36. The lowest BCUT2D eigenvalue weighted by atomic mass is 9.77. The van der Waals surface area contributed by atoms with Gasteiger partial charge in [0.2, 0.25) is 0 Å². The summed E-state index contributed by atoms with van der Waals surface area (Å²) in [7, 11) is 0. The van der Waals surface area contributed by atoms with Crippen LogP contribution in [-0.2, 0) is 19.1 Å². The van der Waals surface area contributed by atoms with Gasteiger partial charge in [0, 0.05) is 15.3 Å². The Morgan fingerprint density at radius 3 is 2.64 bits per heavy atom. The number of benzene rings is 2. The Labute approximate surface area is 200 Å². The van der Waals surface area contributed by atoms with Crippen LogP contribution in [-0.4, -0.2) is 46.7 Å². The van der Waals surface area contributed by atoms with E-state index in [9.17, 15) is 19.2 Å². The maximum atomic E-state index is 12.8. The molecular formula is C23H24ClN3O5S. The lowest BCUT2D eigenvalue weighted by Gasteiger charge is -2.33. The van der Waals surface area contributed by atoms with Gasteiger partial charge in [0.05, 0.1) is 5.75 Å². The molecule has 0 aromatic heterocycles. The summed E-state index contributed by atoms with van der Waals surface area (Å²) >= 11 is 7.55. The number of imide groups is 1. The number of nitrogens with one attached hydrogen (secondary N) is 2. The number of hydrazine groups is 1. The Balaban J connectivity index is 1.28. The van der Waals surface area contributed by atoms with E-state index in [0.717, 1.165) is 28.5 Å². The molecule has 2 N–H and O–H groups in total. The second-order valence-corrected chi connectivity index (χ2v) is 9.84. The van der Waals surface area contributed by atoms with Gasteiger partial charge in [0.15, 0.2) is 6.61 Å². The van der Waals surface area contributed by atoms with Crippen LogP contribution in [0.1, 0.15) is 32.6 Å². The van der Waals surface area contributed by atoms with E-state index in [1.54, 1.807) is 6.07 Å². The van der Waals surface area contributed by atoms with E-state index in [2.05, 4.69) is 17.7 Å². The van der Waals surface area contributed by atoms with Crippen LogP contribution in [0, 0.1) is 5.92 Å². The van der Waals surface area contributed by atoms with Crippen molar-refractivity contribution in [3.63, 3.8) is 0 Å². The third kappa shape index (κ3) is 4.94. The predicted molar refractivity (Wildman–Crippen MR) is 125 cm³/mol. The van der Waals surface area contributed by atoms with Gasteiger partial charge in [-0.2, -0.15) is 5.01 Å². The molecule has 0 unspecified atom stereocenters. The molecule has 0 radical (unpaired) electrons. The average Bonchev–Trinajstić information content (AvgIpc) is 3.02. The quantitative estimate of drug-likeness (QED) is 0.364. The van der Waals surface area contributed by atoms with Gasteiger partial charge in [0.1, 0.15) is 5.54 Å². The fraction of sp³-hybridized carbons (Fsp3) is 0.391. The molecule has 8 nitrogen and oxygen atoms in total. The monoisotopic (exact) mass is 489 g/mol. The molecule has 0 atom stereocenters. The summed E-state index contributed by atoms with van der Waals surface area (Å²) in [6, 6.07) is 10.6. The Morgan fingerprint density at radius 1 is 1.21 bits per heavy atom. The molecule has 10 heteroatoms. The number of thioether (sulfide) groups is 1. The summed E-state index contributed by atoms with van der Waals surface area (Å²) in [6.45, 7) is 1.51. The molecule has 0 bridgehead atoms. The van der Waals surface area contributed by atoms with Gasteiger partial charge in [-0.15, -0.1) is 11.8 Å². The smallest absolute Gasteiger partial charge is 0.344 e. The van der Waals surface area contributed by atoms with E-state index in [-0.39, 0.29) is 5.75 Å². The number of ether oxygens (including phenoxy) is 1. The number of amides is 4. The molecule has 2 fully saturated rings. The number of fused-ring (bicyclic) bond motifs is 1. The zero-order valence-electron chi connectivity index (χ0n) is 18.1. The van der Waals surface area contributed by atoms with Crippen molar-refractivity contribution in [1.29, 1.82) is 0 Å². The summed E-state index contributed by atoms with van der Waals surface area (Å²) < 4.78 is 5.03. The lowest BCUT2D eigenvalue weighted by molar-refractivity contribution is -0.148. The van der Waals surface area contributed by atoms with Crippen LogP contribution in [0.25, 0.3) is 10.8 Å². The molecule has 33 heavy (non-hydrogen) atoms. The Morgan fingerprint density at radius 2 is 1.91 bits per heavy atom. The van der Waals surface area contributed by atoms with Gasteiger partial charge < -0.3 is 10.1 Å². The van der Waals surface area contributed by atoms with E-state index >= 15 is 0 Å². The van der Waals surface area contributed by atoms with Gasteiger partial charge in [0.25, 0.3) is 11.8 Å². The molecule has 174 valence electrons. The summed E-state index contributed by atoms with van der Waals surface area (Å²) in [4.78, 5) is 50.3. The van der Waals surface area contributed by atoms with Crippen LogP contribution in [0.5, 0.6) is 0 Å². The van der Waals surface area contributed by atoms with Crippen molar-refractivity contribution in [2.75, 3.05) is 12.4 Å². The second-order valence-electron chi connectivity index (χ2n) is 8.41. The van der Waals surface area contributed by atoms with Crippen molar-refractivity contribution in [2.45, 2.75) is 43.0 Å². The van der Waals surface area contributed by atoms with E-state index in [0.29, 0.717) is 28.8 Å². The maximum Gasteiger partial charge on any atom is 0.344 e. The van der Waals surface area contributed by atoms with Gasteiger partial charge in [-0.3, -0.25) is 19.8 Å². The topological polar surface area (TPSA) is 105 Å². The molecule has 4 amide bonds. The van der Waals surface area contributed by atoms with Crippen LogP contribution in [0.4, 0.5) is 4.79 Å². The summed E-state index contributed by atoms with van der Waals surface area (Å²) in [5, 5.41) is 5.80. The second kappa shape index (κ2) is 9.61. The van der Waals surface area contributed by atoms with Crippen LogP contribution in [0.2, 0.25) is 5.02 Å². The number of rotatable bonds is 6. The minimum absolute atomic E-state index is 0.0258. The average molecular weight is 490 g/mol. The van der Waals surface area contributed by atoms with E-state index in [1.165, 1.54) is 11.8 Å². The van der Waals surface area contributed by atoms with Crippen molar-refractivity contribution < 1.29 is 23.9 Å². The number of hydrogen-bond donors (Lipinski definition) is 2. The van der Waals surface area contributed by atoms with E-state index < -0.39 is 36.0 Å². The van der Waals surface area contributed by atoms with Crippen LogP contribution in [0.15, 0.2) is 41.3 Å². The molecule has 1 heterocycles. The first-order chi connectivity index (χ1) is 15.8. The first kappa shape index (κ1) is 23.4. The third-order valence-electron chi connectivity index (χ3n) is 6.05. The molecule has 2 aromatic carbocycles. The zero-order chi connectivity index (χ0) is 23.6. The van der Waals surface area contributed by atoms with E-state index in [4.69, 9.17) is 16.3 Å². The Bertz CT molecular complexity index is 1110. The number of nitrogens with zero attached hydrogens (tertiary/aromatic N) is 1. The van der Waals surface area contributed by atoms with Crippen molar-refractivity contribution in [3.05, 3.63) is 41.4 Å². The minimum Gasteiger partial charge on any atom is -0.455 e. The van der Waals surface area contributed by atoms with Gasteiger partial charge in [-0.05, 0) is 49.1 Å². The van der Waals surface area contributed by atoms with Gasteiger partial charge >= 0.3 is 12.0 Å². The van der Waals surface area contributed by atoms with Crippen molar-refractivity contribution >= 4 is 58.0 Å². The molecule has 1 spiro atoms. The normalized spacial score (nSPS) is 22.5. The third-order valence-corrected chi connectivity index (χ3v) is 7.40. The summed E-state index contributed by atoms with van der Waals surface area (Å²) in [6.07, 6.45) is 2.72. The van der Waals surface area contributed by atoms with E-state index in [1.807, 2.05) is 30.3 Å². The maximum absolute atomic E-state index is 12.8. The fourth-order valence-corrected chi connectivity index (χ4v) is 5.42. The number of urea groups is 1. The van der Waals surface area contributed by atoms with Gasteiger partial charge in [-0.1, -0.05) is 42.8 Å². The molecule has 1 aliphatic carbocycles. The molecular weight excluding hydrogens is 466 g/mol. The number of carbonyl (C=O) groups excluding carboxylic acids is 4. The highest BCUT2D eigenvalue weighted by Gasteiger charge is 2.52. The van der Waals surface area contributed by atoms with Crippen LogP contribution in [0.3, 0.4) is 0 Å². The standard InChI is InChI=1S/C23H24ClN3O5S/c1-14-8-10-23(11-9-14)21(30)27(22(31)25-23)26-18(28)12-32-19(29)13-33-17-7-3-5-15-4-2-6-16(24)20(15)17/h2-7,14H,8-13H2,1H3,(H,25,31)(H,26,28). The largest absolute Gasteiger partial charge is 0.455 e. The number of halogens is 1. The molecule has 2 aromatic rings. The number of esters is 1. The first-order valence-corrected chi connectivity index (χ1v) is 12.1. The van der Waals surface area contributed by atoms with Crippen molar-refractivity contribution in [2.24, 2.45) is 5.92 Å². The van der Waals surface area contributed by atoms with Crippen LogP contribution >= 0.6 is 23.4 Å². The van der Waals surface area contributed by atoms with Crippen molar-refractivity contribution in [3.8, 4) is 0 Å². The highest BCUT2D eigenvalue weighted by molar-refractivity contribution is 8.00. The summed E-state index contributed by atoms with van der Waals surface area (Å²) in [5.41, 5.74) is 1.30. The van der Waals surface area contributed by atoms with Gasteiger partial charge in [-0.25, -0.2) is 4.79 Å². The molecule has 1 saturated carbocycles. The Kier molecular flexibility index (Phi) is 6.81. The molecule has 4 rings (SSSR count). The fourth-order valence-electron chi connectivity index (χ4n) is 4.18.